The van der Waals surface area contributed by atoms with Gasteiger partial charge in [0.1, 0.15) is 11.5 Å². The van der Waals surface area contributed by atoms with Crippen molar-refractivity contribution in [2.45, 2.75) is 18.2 Å². The number of carbonyl (C=O) groups is 1. The molecule has 1 aromatic heterocycles. The molecule has 0 unspecified atom stereocenters. The molecule has 0 saturated carbocycles. The van der Waals surface area contributed by atoms with Crippen LogP contribution in [0.4, 0.5) is 5.69 Å². The van der Waals surface area contributed by atoms with Crippen LogP contribution in [-0.2, 0) is 17.9 Å². The van der Waals surface area contributed by atoms with Crippen LogP contribution in [0, 0.1) is 0 Å². The summed E-state index contributed by atoms with van der Waals surface area (Å²) < 4.78 is 11.6. The number of hydrogen-bond acceptors (Lipinski definition) is 8. The van der Waals surface area contributed by atoms with E-state index in [-0.39, 0.29) is 11.7 Å². The molecule has 9 nitrogen and oxygen atoms in total. The topological polar surface area (TPSA) is 116 Å². The average molecular weight is 429 g/mol. The summed E-state index contributed by atoms with van der Waals surface area (Å²) >= 11 is 1.23. The minimum Gasteiger partial charge on any atom is -0.497 e. The highest BCUT2D eigenvalue weighted by atomic mass is 32.2. The summed E-state index contributed by atoms with van der Waals surface area (Å²) in [7, 11) is 3.24. The molecule has 4 N–H and O–H groups in total. The van der Waals surface area contributed by atoms with Crippen molar-refractivity contribution in [1.82, 2.24) is 20.2 Å². The molecule has 30 heavy (non-hydrogen) atoms. The van der Waals surface area contributed by atoms with Crippen molar-refractivity contribution in [3.05, 3.63) is 59.9 Å². The quantitative estimate of drug-likeness (QED) is 0.332. The van der Waals surface area contributed by atoms with Crippen LogP contribution in [0.3, 0.4) is 0 Å². The van der Waals surface area contributed by atoms with Crippen molar-refractivity contribution in [2.24, 2.45) is 0 Å². The maximum absolute atomic E-state index is 12.1. The van der Waals surface area contributed by atoms with E-state index in [4.69, 9.17) is 15.3 Å². The number of nitrogens with one attached hydrogen (secondary N) is 2. The summed E-state index contributed by atoms with van der Waals surface area (Å²) in [5, 5.41) is 14.7. The Morgan fingerprint density at radius 2 is 1.63 bits per heavy atom. The van der Waals surface area contributed by atoms with Gasteiger partial charge in [0.25, 0.3) is 0 Å². The average Bonchev–Trinajstić information content (AvgIpc) is 3.14. The largest absolute Gasteiger partial charge is 0.497 e. The van der Waals surface area contributed by atoms with Crippen LogP contribution < -0.4 is 25.9 Å². The smallest absolute Gasteiger partial charge is 0.230 e. The number of methoxy groups -OCH3 is 2. The Hall–Kier alpha value is -3.40. The molecule has 0 aliphatic carbocycles. The molecule has 0 spiro atoms. The molecule has 3 rings (SSSR count). The fourth-order valence-corrected chi connectivity index (χ4v) is 3.25. The van der Waals surface area contributed by atoms with Crippen molar-refractivity contribution >= 4 is 23.4 Å². The highest BCUT2D eigenvalue weighted by molar-refractivity contribution is 7.99. The zero-order chi connectivity index (χ0) is 21.3. The van der Waals surface area contributed by atoms with Crippen LogP contribution in [0.25, 0.3) is 0 Å². The number of rotatable bonds is 10. The summed E-state index contributed by atoms with van der Waals surface area (Å²) in [5.41, 5.74) is 1.90. The van der Waals surface area contributed by atoms with Gasteiger partial charge in [-0.2, -0.15) is 0 Å². The number of nitrogens with two attached hydrogens (primary N) is 1. The fourth-order valence-electron chi connectivity index (χ4n) is 2.54. The fraction of sp³-hybridized carbons (Fsp3) is 0.250. The lowest BCUT2D eigenvalue weighted by atomic mass is 10.2. The predicted octanol–water partition coefficient (Wildman–Crippen LogP) is 2.03. The summed E-state index contributed by atoms with van der Waals surface area (Å²) in [4.78, 5) is 12.1. The lowest BCUT2D eigenvalue weighted by Crippen LogP contribution is -2.25. The molecule has 0 aliphatic rings. The third kappa shape index (κ3) is 5.80. The molecule has 0 atom stereocenters. The Morgan fingerprint density at radius 1 is 1.00 bits per heavy atom. The molecule has 10 heteroatoms. The second-order valence-corrected chi connectivity index (χ2v) is 7.21. The third-order valence-corrected chi connectivity index (χ3v) is 5.20. The van der Waals surface area contributed by atoms with Crippen molar-refractivity contribution in [3.8, 4) is 11.5 Å². The Balaban J connectivity index is 1.45. The number of hydrogen-bond donors (Lipinski definition) is 3. The Bertz CT molecular complexity index is 960. The van der Waals surface area contributed by atoms with E-state index in [1.807, 2.05) is 48.5 Å². The second-order valence-electron chi connectivity index (χ2n) is 6.26. The Labute approximate surface area is 178 Å². The van der Waals surface area contributed by atoms with Gasteiger partial charge in [-0.3, -0.25) is 4.79 Å². The lowest BCUT2D eigenvalue weighted by Gasteiger charge is -2.08. The van der Waals surface area contributed by atoms with E-state index in [0.29, 0.717) is 24.1 Å². The minimum atomic E-state index is -0.114. The van der Waals surface area contributed by atoms with Gasteiger partial charge in [-0.15, -0.1) is 10.2 Å². The first-order valence-corrected chi connectivity index (χ1v) is 10.2. The van der Waals surface area contributed by atoms with Crippen LogP contribution in [0.5, 0.6) is 11.5 Å². The maximum atomic E-state index is 12.1. The van der Waals surface area contributed by atoms with Crippen LogP contribution in [0.2, 0.25) is 0 Å². The summed E-state index contributed by atoms with van der Waals surface area (Å²) in [6.07, 6.45) is 0. The molecular weight excluding hydrogens is 404 g/mol. The van der Waals surface area contributed by atoms with Crippen molar-refractivity contribution in [1.29, 1.82) is 0 Å². The number of nitrogen functional groups attached to an aromatic ring is 1. The van der Waals surface area contributed by atoms with Crippen molar-refractivity contribution in [3.63, 3.8) is 0 Å². The van der Waals surface area contributed by atoms with Crippen molar-refractivity contribution < 1.29 is 14.3 Å². The third-order valence-electron chi connectivity index (χ3n) is 4.26. The maximum Gasteiger partial charge on any atom is 0.230 e. The van der Waals surface area contributed by atoms with E-state index in [2.05, 4.69) is 20.8 Å². The number of benzene rings is 2. The van der Waals surface area contributed by atoms with E-state index in [0.717, 1.165) is 22.7 Å². The second kappa shape index (κ2) is 10.4. The van der Waals surface area contributed by atoms with Crippen LogP contribution in [0.1, 0.15) is 11.4 Å². The normalized spacial score (nSPS) is 10.5. The van der Waals surface area contributed by atoms with E-state index in [9.17, 15) is 4.79 Å². The molecule has 0 bridgehead atoms. The lowest BCUT2D eigenvalue weighted by molar-refractivity contribution is -0.118. The highest BCUT2D eigenvalue weighted by Crippen LogP contribution is 2.17. The van der Waals surface area contributed by atoms with E-state index in [1.54, 1.807) is 14.2 Å². The van der Waals surface area contributed by atoms with E-state index < -0.39 is 0 Å². The molecular formula is C20H24N6O3S. The van der Waals surface area contributed by atoms with Crippen LogP contribution >= 0.6 is 11.8 Å². The number of thioether (sulfide) groups is 1. The number of nitrogens with zero attached hydrogens (tertiary/aromatic N) is 3. The molecule has 158 valence electrons. The summed E-state index contributed by atoms with van der Waals surface area (Å²) in [5.74, 6) is 8.26. The first kappa shape index (κ1) is 21.3. The first-order chi connectivity index (χ1) is 14.6. The molecule has 0 fully saturated rings. The standard InChI is InChI=1S/C20H24N6O3S/c1-28-16-7-3-14(4-8-16)11-23-19(27)13-30-20-25-24-18(26(20)21)12-22-15-5-9-17(29-2)10-6-15/h3-10,22H,11-13,21H2,1-2H3,(H,23,27). The molecule has 0 saturated heterocycles. The van der Waals surface area contributed by atoms with Crippen LogP contribution in [0.15, 0.2) is 53.7 Å². The number of amides is 1. The zero-order valence-corrected chi connectivity index (χ0v) is 17.6. The molecule has 1 amide bonds. The van der Waals surface area contributed by atoms with E-state index in [1.165, 1.54) is 16.4 Å². The summed E-state index contributed by atoms with van der Waals surface area (Å²) in [6, 6.07) is 15.1. The molecule has 0 radical (unpaired) electrons. The van der Waals surface area contributed by atoms with Gasteiger partial charge in [0.05, 0.1) is 26.5 Å². The summed E-state index contributed by atoms with van der Waals surface area (Å²) in [6.45, 7) is 0.843. The van der Waals surface area contributed by atoms with Gasteiger partial charge in [0.2, 0.25) is 11.1 Å². The van der Waals surface area contributed by atoms with Gasteiger partial charge in [-0.05, 0) is 42.0 Å². The number of carbonyl (C=O) groups excluding carboxylic acids is 1. The Kier molecular flexibility index (Phi) is 7.39. The highest BCUT2D eigenvalue weighted by Gasteiger charge is 2.12. The van der Waals surface area contributed by atoms with Gasteiger partial charge >= 0.3 is 0 Å². The van der Waals surface area contributed by atoms with Gasteiger partial charge in [-0.25, -0.2) is 4.68 Å². The predicted molar refractivity (Wildman–Crippen MR) is 116 cm³/mol. The monoisotopic (exact) mass is 428 g/mol. The first-order valence-electron chi connectivity index (χ1n) is 9.18. The van der Waals surface area contributed by atoms with Crippen molar-refractivity contribution in [2.75, 3.05) is 31.1 Å². The van der Waals surface area contributed by atoms with E-state index >= 15 is 0 Å². The zero-order valence-electron chi connectivity index (χ0n) is 16.8. The minimum absolute atomic E-state index is 0.114. The molecule has 3 aromatic rings. The number of ether oxygens (including phenoxy) is 2. The Morgan fingerprint density at radius 3 is 2.27 bits per heavy atom. The van der Waals surface area contributed by atoms with Gasteiger partial charge in [0, 0.05) is 12.2 Å². The van der Waals surface area contributed by atoms with Gasteiger partial charge in [-0.1, -0.05) is 23.9 Å². The number of anilines is 1. The molecule has 0 aliphatic heterocycles. The number of aromatic nitrogens is 3. The SMILES string of the molecule is COc1ccc(CNC(=O)CSc2nnc(CNc3ccc(OC)cc3)n2N)cc1. The molecule has 1 heterocycles. The van der Waals surface area contributed by atoms with Gasteiger partial charge < -0.3 is 25.9 Å². The van der Waals surface area contributed by atoms with Crippen LogP contribution in [-0.4, -0.2) is 40.8 Å². The molecule has 2 aromatic carbocycles. The van der Waals surface area contributed by atoms with Gasteiger partial charge in [0.15, 0.2) is 5.82 Å².